The minimum atomic E-state index is -0.942. The van der Waals surface area contributed by atoms with Gasteiger partial charge in [-0.1, -0.05) is 30.3 Å². The molecule has 2 fully saturated rings. The van der Waals surface area contributed by atoms with Gasteiger partial charge >= 0.3 is 0 Å². The van der Waals surface area contributed by atoms with E-state index >= 15 is 0 Å². The smallest absolute Gasteiger partial charge is 0.230 e. The molecule has 0 saturated carbocycles. The van der Waals surface area contributed by atoms with Gasteiger partial charge in [-0.15, -0.1) is 0 Å². The van der Waals surface area contributed by atoms with E-state index in [9.17, 15) is 9.90 Å². The highest BCUT2D eigenvalue weighted by atomic mass is 16.4. The highest BCUT2D eigenvalue weighted by Crippen LogP contribution is 2.46. The van der Waals surface area contributed by atoms with E-state index in [0.717, 1.165) is 18.4 Å². The van der Waals surface area contributed by atoms with Crippen molar-refractivity contribution in [1.82, 2.24) is 4.90 Å². The van der Waals surface area contributed by atoms with Gasteiger partial charge in [-0.2, -0.15) is 0 Å². The summed E-state index contributed by atoms with van der Waals surface area (Å²) in [5.41, 5.74) is 0.107. The molecule has 2 bridgehead atoms. The Morgan fingerprint density at radius 1 is 1.17 bits per heavy atom. The van der Waals surface area contributed by atoms with Crippen molar-refractivity contribution in [3.8, 4) is 0 Å². The van der Waals surface area contributed by atoms with Crippen molar-refractivity contribution in [3.63, 3.8) is 0 Å². The number of carbonyl (C=O) groups excluding carboxylic acids is 1. The van der Waals surface area contributed by atoms with E-state index in [-0.39, 0.29) is 23.9 Å². The van der Waals surface area contributed by atoms with Crippen molar-refractivity contribution >= 4 is 5.91 Å². The molecule has 3 atom stereocenters. The van der Waals surface area contributed by atoms with Gasteiger partial charge in [0.05, 0.1) is 12.2 Å². The van der Waals surface area contributed by atoms with Crippen LogP contribution < -0.4 is 0 Å². The molecular formula is C20H23NO3. The van der Waals surface area contributed by atoms with E-state index in [2.05, 4.69) is 0 Å². The fraction of sp³-hybridized carbons (Fsp3) is 0.450. The minimum Gasteiger partial charge on any atom is -0.466 e. The first kappa shape index (κ1) is 15.5. The van der Waals surface area contributed by atoms with Crippen LogP contribution >= 0.6 is 0 Å². The van der Waals surface area contributed by atoms with Gasteiger partial charge in [0.2, 0.25) is 5.91 Å². The molecule has 0 spiro atoms. The lowest BCUT2D eigenvalue weighted by Crippen LogP contribution is -2.52. The maximum absolute atomic E-state index is 13.1. The molecule has 2 aliphatic rings. The zero-order valence-corrected chi connectivity index (χ0v) is 13.9. The number of carbonyl (C=O) groups is 1. The van der Waals surface area contributed by atoms with Gasteiger partial charge in [-0.3, -0.25) is 4.79 Å². The Labute approximate surface area is 142 Å². The summed E-state index contributed by atoms with van der Waals surface area (Å²) in [4.78, 5) is 15.1. The number of benzene rings is 1. The molecule has 0 aliphatic carbocycles. The molecular weight excluding hydrogens is 302 g/mol. The predicted molar refractivity (Wildman–Crippen MR) is 90.4 cm³/mol. The maximum atomic E-state index is 13.1. The summed E-state index contributed by atoms with van der Waals surface area (Å²) < 4.78 is 5.46. The Kier molecular flexibility index (Phi) is 3.72. The van der Waals surface area contributed by atoms with Crippen LogP contribution in [0.3, 0.4) is 0 Å². The molecule has 2 aliphatic heterocycles. The largest absolute Gasteiger partial charge is 0.466 e. The van der Waals surface area contributed by atoms with E-state index < -0.39 is 5.60 Å². The predicted octanol–water partition coefficient (Wildman–Crippen LogP) is 3.42. The number of hydrogen-bond donors (Lipinski definition) is 1. The number of aliphatic hydroxyl groups is 1. The van der Waals surface area contributed by atoms with Crippen molar-refractivity contribution in [3.05, 3.63) is 60.1 Å². The molecule has 4 heteroatoms. The molecule has 0 radical (unpaired) electrons. The number of hydrogen-bond acceptors (Lipinski definition) is 3. The summed E-state index contributed by atoms with van der Waals surface area (Å²) in [6.07, 6.45) is 4.64. The Morgan fingerprint density at radius 2 is 1.83 bits per heavy atom. The summed E-state index contributed by atoms with van der Waals surface area (Å²) >= 11 is 0. The summed E-state index contributed by atoms with van der Waals surface area (Å²) in [7, 11) is 0. The summed E-state index contributed by atoms with van der Waals surface area (Å²) in [6.45, 7) is 1.98. The van der Waals surface area contributed by atoms with Gasteiger partial charge < -0.3 is 14.4 Å². The third kappa shape index (κ3) is 2.46. The first-order valence-electron chi connectivity index (χ1n) is 8.72. The van der Waals surface area contributed by atoms with Crippen molar-refractivity contribution in [2.24, 2.45) is 0 Å². The molecule has 126 valence electrons. The molecule has 3 heterocycles. The summed E-state index contributed by atoms with van der Waals surface area (Å²) in [6, 6.07) is 13.8. The average molecular weight is 325 g/mol. The van der Waals surface area contributed by atoms with Gasteiger partial charge in [0.1, 0.15) is 11.4 Å². The lowest BCUT2D eigenvalue weighted by molar-refractivity contribution is -0.144. The third-order valence-electron chi connectivity index (χ3n) is 5.67. The Morgan fingerprint density at radius 3 is 2.42 bits per heavy atom. The van der Waals surface area contributed by atoms with Gasteiger partial charge in [-0.05, 0) is 37.5 Å². The number of amides is 1. The van der Waals surface area contributed by atoms with Crippen LogP contribution in [-0.4, -0.2) is 28.0 Å². The number of nitrogens with zero attached hydrogens (tertiary/aromatic N) is 1. The molecule has 4 rings (SSSR count). The Hall–Kier alpha value is -2.07. The monoisotopic (exact) mass is 325 g/mol. The zero-order valence-electron chi connectivity index (χ0n) is 13.9. The molecule has 1 N–H and O–H groups in total. The van der Waals surface area contributed by atoms with E-state index in [4.69, 9.17) is 4.42 Å². The van der Waals surface area contributed by atoms with Gasteiger partial charge in [0.15, 0.2) is 0 Å². The van der Waals surface area contributed by atoms with Gasteiger partial charge in [-0.25, -0.2) is 0 Å². The maximum Gasteiger partial charge on any atom is 0.230 e. The molecule has 2 saturated heterocycles. The quantitative estimate of drug-likeness (QED) is 0.941. The van der Waals surface area contributed by atoms with Crippen LogP contribution in [0.4, 0.5) is 0 Å². The standard InChI is InChI=1S/C20H23NO3/c1-14(15-6-3-2-4-7-15)19(22)21-16-9-10-17(21)13-20(23,12-16)18-8-5-11-24-18/h2-8,11,14,16-17,23H,9-10,12-13H2,1H3/t14-,16+,17+/m1/s1. The molecule has 0 unspecified atom stereocenters. The van der Waals surface area contributed by atoms with E-state index in [1.807, 2.05) is 54.3 Å². The summed E-state index contributed by atoms with van der Waals surface area (Å²) in [5.74, 6) is 0.655. The van der Waals surface area contributed by atoms with Crippen LogP contribution in [0.5, 0.6) is 0 Å². The second kappa shape index (κ2) is 5.78. The van der Waals surface area contributed by atoms with Crippen LogP contribution in [0.2, 0.25) is 0 Å². The van der Waals surface area contributed by atoms with Crippen molar-refractivity contribution in [2.75, 3.05) is 0 Å². The molecule has 24 heavy (non-hydrogen) atoms. The van der Waals surface area contributed by atoms with Crippen LogP contribution in [0.15, 0.2) is 53.1 Å². The second-order valence-corrected chi connectivity index (χ2v) is 7.18. The van der Waals surface area contributed by atoms with Crippen molar-refractivity contribution in [2.45, 2.75) is 56.2 Å². The highest BCUT2D eigenvalue weighted by Gasteiger charge is 2.51. The number of fused-ring (bicyclic) bond motifs is 2. The molecule has 1 amide bonds. The van der Waals surface area contributed by atoms with Crippen LogP contribution in [0.1, 0.15) is 49.8 Å². The van der Waals surface area contributed by atoms with Crippen molar-refractivity contribution in [1.29, 1.82) is 0 Å². The van der Waals surface area contributed by atoms with E-state index in [1.54, 1.807) is 6.26 Å². The fourth-order valence-corrected chi connectivity index (χ4v) is 4.44. The first-order valence-corrected chi connectivity index (χ1v) is 8.72. The van der Waals surface area contributed by atoms with Crippen LogP contribution in [0.25, 0.3) is 0 Å². The highest BCUT2D eigenvalue weighted by molar-refractivity contribution is 5.84. The minimum absolute atomic E-state index is 0.0949. The number of piperidine rings is 1. The molecule has 1 aromatic heterocycles. The third-order valence-corrected chi connectivity index (χ3v) is 5.67. The zero-order chi connectivity index (χ0) is 16.7. The van der Waals surface area contributed by atoms with Gasteiger partial charge in [0, 0.05) is 24.9 Å². The Bertz CT molecular complexity index is 696. The first-order chi connectivity index (χ1) is 11.6. The molecule has 4 nitrogen and oxygen atoms in total. The number of rotatable bonds is 3. The van der Waals surface area contributed by atoms with E-state index in [0.29, 0.717) is 18.6 Å². The summed E-state index contributed by atoms with van der Waals surface area (Å²) in [5, 5.41) is 11.0. The molecule has 1 aromatic carbocycles. The normalized spacial score (nSPS) is 30.3. The van der Waals surface area contributed by atoms with E-state index in [1.165, 1.54) is 0 Å². The van der Waals surface area contributed by atoms with Crippen LogP contribution in [-0.2, 0) is 10.4 Å². The Balaban J connectivity index is 1.55. The van der Waals surface area contributed by atoms with Crippen molar-refractivity contribution < 1.29 is 14.3 Å². The SMILES string of the molecule is C[C@@H](C(=O)N1[C@H]2CC[C@H]1CC(O)(c1ccco1)C2)c1ccccc1. The lowest BCUT2D eigenvalue weighted by atomic mass is 9.83. The van der Waals surface area contributed by atoms with Gasteiger partial charge in [0.25, 0.3) is 0 Å². The topological polar surface area (TPSA) is 53.7 Å². The average Bonchev–Trinajstić information content (AvgIpc) is 3.23. The fourth-order valence-electron chi connectivity index (χ4n) is 4.44. The second-order valence-electron chi connectivity index (χ2n) is 7.18. The lowest BCUT2D eigenvalue weighted by Gasteiger charge is -2.43. The molecule has 2 aromatic rings. The number of furan rings is 1. The van der Waals surface area contributed by atoms with Crippen LogP contribution in [0, 0.1) is 0 Å².